The highest BCUT2D eigenvalue weighted by molar-refractivity contribution is 8.00. The molecule has 142 valence electrons. The van der Waals surface area contributed by atoms with Crippen LogP contribution in [0.4, 0.5) is 0 Å². The summed E-state index contributed by atoms with van der Waals surface area (Å²) in [5, 5.41) is 20.6. The van der Waals surface area contributed by atoms with Crippen LogP contribution in [0.15, 0.2) is 27.8 Å². The van der Waals surface area contributed by atoms with Gasteiger partial charge in [0.25, 0.3) is 5.22 Å². The highest BCUT2D eigenvalue weighted by Crippen LogP contribution is 2.30. The third kappa shape index (κ3) is 4.69. The number of nitrogens with zero attached hydrogens (tertiary/aromatic N) is 3. The average molecular weight is 385 g/mol. The van der Waals surface area contributed by atoms with Crippen LogP contribution in [0.2, 0.25) is 0 Å². The number of aryl methyl sites for hydroxylation is 2. The van der Waals surface area contributed by atoms with Gasteiger partial charge >= 0.3 is 0 Å². The van der Waals surface area contributed by atoms with Crippen LogP contribution < -0.4 is 5.32 Å². The van der Waals surface area contributed by atoms with Crippen molar-refractivity contribution in [1.29, 1.82) is 5.26 Å². The smallest absolute Gasteiger partial charge is 0.277 e. The van der Waals surface area contributed by atoms with Crippen molar-refractivity contribution in [2.24, 2.45) is 0 Å². The molecule has 1 atom stereocenters. The number of hydrogen-bond donors (Lipinski definition) is 1. The first-order chi connectivity index (χ1) is 12.9. The van der Waals surface area contributed by atoms with Gasteiger partial charge in [-0.3, -0.25) is 4.79 Å². The van der Waals surface area contributed by atoms with E-state index in [4.69, 9.17) is 4.42 Å². The molecule has 1 N–H and O–H groups in total. The van der Waals surface area contributed by atoms with Crippen LogP contribution in [0.3, 0.4) is 0 Å². The van der Waals surface area contributed by atoms with Crippen LogP contribution in [0, 0.1) is 25.2 Å². The number of nitrogens with one attached hydrogen (secondary N) is 1. The summed E-state index contributed by atoms with van der Waals surface area (Å²) in [4.78, 5) is 12.6. The maximum atomic E-state index is 12.6. The summed E-state index contributed by atoms with van der Waals surface area (Å²) in [6.07, 6.45) is 4.48. The molecule has 1 amide bonds. The van der Waals surface area contributed by atoms with E-state index >= 15 is 0 Å². The largest absolute Gasteiger partial charge is 0.411 e. The fourth-order valence-corrected chi connectivity index (χ4v) is 4.12. The fraction of sp³-hybridized carbons (Fsp3) is 0.500. The van der Waals surface area contributed by atoms with E-state index in [1.165, 1.54) is 11.8 Å². The van der Waals surface area contributed by atoms with Crippen LogP contribution in [-0.2, 0) is 4.79 Å². The summed E-state index contributed by atoms with van der Waals surface area (Å²) in [5.41, 5.74) is 2.39. The molecule has 6 nitrogen and oxygen atoms in total. The molecule has 0 spiro atoms. The van der Waals surface area contributed by atoms with Crippen molar-refractivity contribution in [3.63, 3.8) is 0 Å². The zero-order chi connectivity index (χ0) is 19.4. The van der Waals surface area contributed by atoms with Crippen molar-refractivity contribution in [3.8, 4) is 17.5 Å². The lowest BCUT2D eigenvalue weighted by atomic mass is 9.83. The van der Waals surface area contributed by atoms with E-state index in [0.717, 1.165) is 36.0 Å². The Hall–Kier alpha value is -2.33. The predicted molar refractivity (Wildman–Crippen MR) is 104 cm³/mol. The van der Waals surface area contributed by atoms with E-state index in [9.17, 15) is 10.1 Å². The van der Waals surface area contributed by atoms with Gasteiger partial charge in [-0.2, -0.15) is 5.26 Å². The fourth-order valence-electron chi connectivity index (χ4n) is 3.43. The summed E-state index contributed by atoms with van der Waals surface area (Å²) in [6.45, 7) is 5.82. The van der Waals surface area contributed by atoms with Gasteiger partial charge in [0.1, 0.15) is 5.54 Å². The highest BCUT2D eigenvalue weighted by atomic mass is 32.2. The predicted octanol–water partition coefficient (Wildman–Crippen LogP) is 4.18. The zero-order valence-electron chi connectivity index (χ0n) is 15.9. The van der Waals surface area contributed by atoms with E-state index in [2.05, 4.69) is 27.6 Å². The number of amides is 1. The lowest BCUT2D eigenvalue weighted by Gasteiger charge is -2.32. The molecule has 0 aliphatic heterocycles. The van der Waals surface area contributed by atoms with Crippen molar-refractivity contribution in [1.82, 2.24) is 15.5 Å². The minimum Gasteiger partial charge on any atom is -0.411 e. The summed E-state index contributed by atoms with van der Waals surface area (Å²) >= 11 is 1.21. The van der Waals surface area contributed by atoms with Gasteiger partial charge in [0.05, 0.1) is 11.3 Å². The number of nitriles is 1. The van der Waals surface area contributed by atoms with Crippen LogP contribution >= 0.6 is 11.8 Å². The Kier molecular flexibility index (Phi) is 5.85. The van der Waals surface area contributed by atoms with E-state index < -0.39 is 10.8 Å². The lowest BCUT2D eigenvalue weighted by Crippen LogP contribution is -2.50. The average Bonchev–Trinajstić information content (AvgIpc) is 3.10. The van der Waals surface area contributed by atoms with Crippen molar-refractivity contribution in [2.75, 3.05) is 0 Å². The Balaban J connectivity index is 1.66. The van der Waals surface area contributed by atoms with Crippen LogP contribution in [0.1, 0.15) is 50.2 Å². The summed E-state index contributed by atoms with van der Waals surface area (Å²) < 4.78 is 5.74. The molecule has 3 rings (SSSR count). The minimum atomic E-state index is -0.733. The van der Waals surface area contributed by atoms with Crippen LogP contribution in [0.5, 0.6) is 0 Å². The second-order valence-corrected chi connectivity index (χ2v) is 8.55. The van der Waals surface area contributed by atoms with Crippen LogP contribution in [-0.4, -0.2) is 26.9 Å². The molecule has 2 aromatic rings. The van der Waals surface area contributed by atoms with E-state index in [-0.39, 0.29) is 5.91 Å². The molecule has 27 heavy (non-hydrogen) atoms. The van der Waals surface area contributed by atoms with Gasteiger partial charge < -0.3 is 9.73 Å². The molecule has 1 saturated carbocycles. The number of rotatable bonds is 5. The Morgan fingerprint density at radius 3 is 2.52 bits per heavy atom. The quantitative estimate of drug-likeness (QED) is 0.778. The number of benzene rings is 1. The minimum absolute atomic E-state index is 0.172. The van der Waals surface area contributed by atoms with Crippen molar-refractivity contribution >= 4 is 17.7 Å². The number of aromatic nitrogens is 2. The number of carbonyl (C=O) groups excluding carboxylic acids is 1. The summed E-state index contributed by atoms with van der Waals surface area (Å²) in [6, 6.07) is 8.37. The molecule has 1 aliphatic rings. The molecule has 0 saturated heterocycles. The van der Waals surface area contributed by atoms with Gasteiger partial charge in [-0.05, 0) is 45.7 Å². The van der Waals surface area contributed by atoms with Gasteiger partial charge in [-0.1, -0.05) is 48.2 Å². The third-order valence-corrected chi connectivity index (χ3v) is 5.74. The van der Waals surface area contributed by atoms with Gasteiger partial charge in [-0.15, -0.1) is 10.2 Å². The third-order valence-electron chi connectivity index (χ3n) is 4.81. The normalized spacial score (nSPS) is 17.1. The van der Waals surface area contributed by atoms with E-state index in [0.29, 0.717) is 24.0 Å². The van der Waals surface area contributed by atoms with Gasteiger partial charge in [0, 0.05) is 5.56 Å². The molecular formula is C20H24N4O2S. The SMILES string of the molecule is Cc1cc(C)cc(-c2nnc(SC(C)C(=O)NC3(C#N)CCCCC3)o2)c1. The Morgan fingerprint density at radius 2 is 1.89 bits per heavy atom. The number of carbonyl (C=O) groups is 1. The lowest BCUT2D eigenvalue weighted by molar-refractivity contribution is -0.122. The molecule has 1 unspecified atom stereocenters. The van der Waals surface area contributed by atoms with Gasteiger partial charge in [0.2, 0.25) is 11.8 Å². The van der Waals surface area contributed by atoms with Crippen LogP contribution in [0.25, 0.3) is 11.5 Å². The maximum absolute atomic E-state index is 12.6. The zero-order valence-corrected chi connectivity index (χ0v) is 16.7. The summed E-state index contributed by atoms with van der Waals surface area (Å²) in [5.74, 6) is 0.271. The molecule has 1 aromatic heterocycles. The van der Waals surface area contributed by atoms with E-state index in [1.54, 1.807) is 6.92 Å². The van der Waals surface area contributed by atoms with Gasteiger partial charge in [-0.25, -0.2) is 0 Å². The second kappa shape index (κ2) is 8.13. The van der Waals surface area contributed by atoms with E-state index in [1.807, 2.05) is 26.0 Å². The Morgan fingerprint density at radius 1 is 1.22 bits per heavy atom. The Bertz CT molecular complexity index is 845. The molecule has 0 radical (unpaired) electrons. The first-order valence-corrected chi connectivity index (χ1v) is 10.1. The highest BCUT2D eigenvalue weighted by Gasteiger charge is 2.35. The monoisotopic (exact) mass is 384 g/mol. The molecule has 1 aliphatic carbocycles. The molecule has 0 bridgehead atoms. The topological polar surface area (TPSA) is 91.8 Å². The van der Waals surface area contributed by atoms with Crippen molar-refractivity contribution < 1.29 is 9.21 Å². The second-order valence-electron chi connectivity index (χ2n) is 7.25. The van der Waals surface area contributed by atoms with Crippen molar-refractivity contribution in [3.05, 3.63) is 29.3 Å². The standard InChI is InChI=1S/C20H24N4O2S/c1-13-9-14(2)11-16(10-13)18-23-24-19(26-18)27-15(3)17(25)22-20(12-21)7-5-4-6-8-20/h9-11,15H,4-8H2,1-3H3,(H,22,25). The molecule has 1 heterocycles. The first kappa shape index (κ1) is 19.4. The molecule has 1 fully saturated rings. The molecule has 7 heteroatoms. The first-order valence-electron chi connectivity index (χ1n) is 9.23. The number of thioether (sulfide) groups is 1. The van der Waals surface area contributed by atoms with Crippen molar-refractivity contribution in [2.45, 2.75) is 68.9 Å². The molecular weight excluding hydrogens is 360 g/mol. The Labute approximate surface area is 163 Å². The van der Waals surface area contributed by atoms with Gasteiger partial charge in [0.15, 0.2) is 0 Å². The molecule has 1 aromatic carbocycles. The summed E-state index contributed by atoms with van der Waals surface area (Å²) in [7, 11) is 0. The maximum Gasteiger partial charge on any atom is 0.277 e. The number of hydrogen-bond acceptors (Lipinski definition) is 6.